The maximum Gasteiger partial charge on any atom is 0.161 e. The van der Waals surface area contributed by atoms with Gasteiger partial charge in [-0.25, -0.2) is 0 Å². The van der Waals surface area contributed by atoms with Gasteiger partial charge in [-0.3, -0.25) is 10.6 Å². The molecule has 0 radical (unpaired) electrons. The van der Waals surface area contributed by atoms with Crippen molar-refractivity contribution in [2.75, 3.05) is 0 Å². The lowest BCUT2D eigenvalue weighted by atomic mass is 10.1. The van der Waals surface area contributed by atoms with Crippen molar-refractivity contribution >= 4 is 0 Å². The summed E-state index contributed by atoms with van der Waals surface area (Å²) in [6.07, 6.45) is -0.586. The van der Waals surface area contributed by atoms with Gasteiger partial charge in [-0.1, -0.05) is 24.3 Å². The monoisotopic (exact) mass is 164 g/mol. The molecule has 1 aliphatic rings. The van der Waals surface area contributed by atoms with Gasteiger partial charge in [-0.2, -0.15) is 0 Å². The second-order valence-electron chi connectivity index (χ2n) is 2.93. The molecule has 0 saturated heterocycles. The molecule has 1 aliphatic heterocycles. The molecule has 0 aliphatic carbocycles. The SMILES string of the molecule is OC1NCc2ccccc2CN1. The normalized spacial score (nSPS) is 18.4. The Bertz CT molecular complexity index is 248. The van der Waals surface area contributed by atoms with Gasteiger partial charge in [0.25, 0.3) is 0 Å². The van der Waals surface area contributed by atoms with Crippen LogP contribution in [0, 0.1) is 0 Å². The molecule has 64 valence electrons. The van der Waals surface area contributed by atoms with Gasteiger partial charge in [0.2, 0.25) is 0 Å². The molecule has 2 rings (SSSR count). The Morgan fingerprint density at radius 3 is 2.08 bits per heavy atom. The Morgan fingerprint density at radius 1 is 1.08 bits per heavy atom. The van der Waals surface area contributed by atoms with Crippen LogP contribution in [-0.4, -0.2) is 11.5 Å². The van der Waals surface area contributed by atoms with Crippen LogP contribution < -0.4 is 10.6 Å². The maximum atomic E-state index is 9.24. The number of nitrogens with one attached hydrogen (secondary N) is 2. The fourth-order valence-corrected chi connectivity index (χ4v) is 1.39. The zero-order chi connectivity index (χ0) is 8.39. The van der Waals surface area contributed by atoms with Crippen molar-refractivity contribution in [3.8, 4) is 0 Å². The Hall–Kier alpha value is -0.900. The molecule has 1 aromatic carbocycles. The van der Waals surface area contributed by atoms with Gasteiger partial charge in [0, 0.05) is 13.1 Å². The van der Waals surface area contributed by atoms with Gasteiger partial charge in [-0.15, -0.1) is 0 Å². The van der Waals surface area contributed by atoms with Gasteiger partial charge in [0.15, 0.2) is 6.35 Å². The molecule has 0 amide bonds. The van der Waals surface area contributed by atoms with Crippen molar-refractivity contribution in [3.63, 3.8) is 0 Å². The largest absolute Gasteiger partial charge is 0.365 e. The smallest absolute Gasteiger partial charge is 0.161 e. The molecule has 3 N–H and O–H groups in total. The lowest BCUT2D eigenvalue weighted by molar-refractivity contribution is 0.102. The van der Waals surface area contributed by atoms with Crippen LogP contribution in [0.3, 0.4) is 0 Å². The maximum absolute atomic E-state index is 9.24. The van der Waals surface area contributed by atoms with Crippen molar-refractivity contribution in [1.82, 2.24) is 10.6 Å². The van der Waals surface area contributed by atoms with E-state index in [0.717, 1.165) is 13.1 Å². The average molecular weight is 164 g/mol. The van der Waals surface area contributed by atoms with Gasteiger partial charge >= 0.3 is 0 Å². The van der Waals surface area contributed by atoms with Crippen molar-refractivity contribution in [3.05, 3.63) is 35.4 Å². The second kappa shape index (κ2) is 3.23. The number of rotatable bonds is 0. The molecule has 0 bridgehead atoms. The summed E-state index contributed by atoms with van der Waals surface area (Å²) < 4.78 is 0. The quantitative estimate of drug-likeness (QED) is 0.511. The van der Waals surface area contributed by atoms with Crippen LogP contribution in [0.4, 0.5) is 0 Å². The molecule has 0 spiro atoms. The predicted octanol–water partition coefficient (Wildman–Crippen LogP) is 0.155. The van der Waals surface area contributed by atoms with Crippen molar-refractivity contribution in [1.29, 1.82) is 0 Å². The average Bonchev–Trinajstić information content (AvgIpc) is 2.29. The van der Waals surface area contributed by atoms with Crippen LogP contribution in [0.5, 0.6) is 0 Å². The Kier molecular flexibility index (Phi) is 2.08. The number of hydrogen-bond acceptors (Lipinski definition) is 3. The highest BCUT2D eigenvalue weighted by Gasteiger charge is 2.10. The number of hydrogen-bond donors (Lipinski definition) is 3. The van der Waals surface area contributed by atoms with Gasteiger partial charge in [-0.05, 0) is 11.1 Å². The summed E-state index contributed by atoms with van der Waals surface area (Å²) in [7, 11) is 0. The summed E-state index contributed by atoms with van der Waals surface area (Å²) in [4.78, 5) is 0. The third kappa shape index (κ3) is 1.48. The van der Waals surface area contributed by atoms with E-state index < -0.39 is 6.35 Å². The van der Waals surface area contributed by atoms with Crippen LogP contribution in [-0.2, 0) is 13.1 Å². The van der Waals surface area contributed by atoms with E-state index in [0.29, 0.717) is 0 Å². The van der Waals surface area contributed by atoms with Gasteiger partial charge in [0.1, 0.15) is 0 Å². The third-order valence-corrected chi connectivity index (χ3v) is 2.09. The zero-order valence-corrected chi connectivity index (χ0v) is 6.75. The molecule has 1 aromatic rings. The topological polar surface area (TPSA) is 44.3 Å². The van der Waals surface area contributed by atoms with Gasteiger partial charge < -0.3 is 5.11 Å². The van der Waals surface area contributed by atoms with E-state index in [1.807, 2.05) is 12.1 Å². The highest BCUT2D eigenvalue weighted by molar-refractivity contribution is 5.27. The molecule has 0 saturated carbocycles. The molecule has 0 atom stereocenters. The minimum absolute atomic E-state index is 0.586. The molecule has 12 heavy (non-hydrogen) atoms. The Labute approximate surface area is 71.4 Å². The summed E-state index contributed by atoms with van der Waals surface area (Å²) in [6.45, 7) is 1.45. The van der Waals surface area contributed by atoms with Crippen LogP contribution in [0.1, 0.15) is 11.1 Å². The Morgan fingerprint density at radius 2 is 1.58 bits per heavy atom. The Balaban J connectivity index is 2.26. The van der Waals surface area contributed by atoms with E-state index in [9.17, 15) is 5.11 Å². The first kappa shape index (κ1) is 7.73. The van der Waals surface area contributed by atoms with Crippen LogP contribution in [0.2, 0.25) is 0 Å². The van der Waals surface area contributed by atoms with Gasteiger partial charge in [0.05, 0.1) is 0 Å². The minimum Gasteiger partial charge on any atom is -0.365 e. The van der Waals surface area contributed by atoms with E-state index in [1.165, 1.54) is 11.1 Å². The van der Waals surface area contributed by atoms with Crippen molar-refractivity contribution < 1.29 is 5.11 Å². The van der Waals surface area contributed by atoms with E-state index in [4.69, 9.17) is 0 Å². The lowest BCUT2D eigenvalue weighted by Crippen LogP contribution is -2.38. The predicted molar refractivity (Wildman–Crippen MR) is 46.1 cm³/mol. The third-order valence-electron chi connectivity index (χ3n) is 2.09. The minimum atomic E-state index is -0.586. The summed E-state index contributed by atoms with van der Waals surface area (Å²) in [5, 5.41) is 15.1. The number of benzene rings is 1. The fraction of sp³-hybridized carbons (Fsp3) is 0.333. The molecule has 3 nitrogen and oxygen atoms in total. The molecule has 0 aromatic heterocycles. The highest BCUT2D eigenvalue weighted by Crippen LogP contribution is 2.10. The highest BCUT2D eigenvalue weighted by atomic mass is 16.3. The first-order chi connectivity index (χ1) is 5.86. The van der Waals surface area contributed by atoms with Crippen molar-refractivity contribution in [2.24, 2.45) is 0 Å². The van der Waals surface area contributed by atoms with Crippen LogP contribution >= 0.6 is 0 Å². The first-order valence-corrected chi connectivity index (χ1v) is 4.08. The first-order valence-electron chi connectivity index (χ1n) is 4.08. The molecule has 3 heteroatoms. The van der Waals surface area contributed by atoms with E-state index in [-0.39, 0.29) is 0 Å². The van der Waals surface area contributed by atoms with E-state index in [2.05, 4.69) is 22.8 Å². The van der Waals surface area contributed by atoms with Crippen LogP contribution in [0.25, 0.3) is 0 Å². The number of fused-ring (bicyclic) bond motifs is 1. The van der Waals surface area contributed by atoms with Crippen molar-refractivity contribution in [2.45, 2.75) is 19.4 Å². The fourth-order valence-electron chi connectivity index (χ4n) is 1.39. The standard InChI is InChI=1S/C9H12N2O/c12-9-10-5-7-3-1-2-4-8(7)6-11-9/h1-4,9-12H,5-6H2. The summed E-state index contributed by atoms with van der Waals surface area (Å²) in [6, 6.07) is 8.17. The molecular weight excluding hydrogens is 152 g/mol. The molecule has 0 unspecified atom stereocenters. The number of aliphatic hydroxyl groups is 1. The number of aliphatic hydroxyl groups excluding tert-OH is 1. The van der Waals surface area contributed by atoms with E-state index >= 15 is 0 Å². The molecular formula is C9H12N2O. The van der Waals surface area contributed by atoms with Crippen LogP contribution in [0.15, 0.2) is 24.3 Å². The van der Waals surface area contributed by atoms with E-state index in [1.54, 1.807) is 0 Å². The summed E-state index contributed by atoms with van der Waals surface area (Å²) in [5.41, 5.74) is 2.50. The summed E-state index contributed by atoms with van der Waals surface area (Å²) in [5.74, 6) is 0. The second-order valence-corrected chi connectivity index (χ2v) is 2.93. The zero-order valence-electron chi connectivity index (χ0n) is 6.75. The lowest BCUT2D eigenvalue weighted by Gasteiger charge is -2.07. The summed E-state index contributed by atoms with van der Waals surface area (Å²) >= 11 is 0. The molecule has 0 fully saturated rings. The molecule has 1 heterocycles.